The highest BCUT2D eigenvalue weighted by Crippen LogP contribution is 2.13. The molecule has 4 heteroatoms. The van der Waals surface area contributed by atoms with Crippen molar-refractivity contribution in [3.05, 3.63) is 95.5 Å². The average Bonchev–Trinajstić information content (AvgIpc) is 2.60. The van der Waals surface area contributed by atoms with Gasteiger partial charge in [-0.05, 0) is 17.2 Å². The number of benzene rings is 2. The number of ether oxygens (including phenoxy) is 2. The number of nitrogens with one attached hydrogen (secondary N) is 1. The van der Waals surface area contributed by atoms with E-state index in [1.165, 1.54) is 0 Å². The van der Waals surface area contributed by atoms with Gasteiger partial charge in [-0.1, -0.05) is 60.7 Å². The van der Waals surface area contributed by atoms with E-state index in [2.05, 4.69) is 5.32 Å². The van der Waals surface area contributed by atoms with Crippen LogP contribution in [0.2, 0.25) is 0 Å². The minimum atomic E-state index is -0.300. The van der Waals surface area contributed by atoms with E-state index >= 15 is 0 Å². The zero-order valence-corrected chi connectivity index (χ0v) is 12.8. The molecular weight excluding hydrogens is 288 g/mol. The van der Waals surface area contributed by atoms with E-state index in [1.54, 1.807) is 6.08 Å². The van der Waals surface area contributed by atoms with Crippen molar-refractivity contribution in [2.45, 2.75) is 19.4 Å². The molecule has 0 aliphatic carbocycles. The molecule has 118 valence electrons. The van der Waals surface area contributed by atoms with Crippen LogP contribution >= 0.6 is 0 Å². The van der Waals surface area contributed by atoms with Crippen LogP contribution in [-0.4, -0.2) is 6.23 Å². The smallest absolute Gasteiger partial charge is 0.191 e. The van der Waals surface area contributed by atoms with Gasteiger partial charge in [0.25, 0.3) is 0 Å². The maximum absolute atomic E-state index is 5.94. The molecule has 2 aromatic carbocycles. The number of dihydropyridines is 1. The van der Waals surface area contributed by atoms with E-state index < -0.39 is 0 Å². The lowest BCUT2D eigenvalue weighted by Crippen LogP contribution is -2.34. The van der Waals surface area contributed by atoms with Gasteiger partial charge in [0.1, 0.15) is 6.61 Å². The lowest BCUT2D eigenvalue weighted by molar-refractivity contribution is 0.0344. The van der Waals surface area contributed by atoms with Crippen molar-refractivity contribution in [2.75, 3.05) is 0 Å². The van der Waals surface area contributed by atoms with Crippen molar-refractivity contribution in [1.29, 1.82) is 0 Å². The lowest BCUT2D eigenvalue weighted by atomic mass is 10.2. The van der Waals surface area contributed by atoms with Gasteiger partial charge in [0.05, 0.1) is 6.61 Å². The van der Waals surface area contributed by atoms with Gasteiger partial charge in [0.15, 0.2) is 12.1 Å². The quantitative estimate of drug-likeness (QED) is 0.861. The number of hydrogen-bond donors (Lipinski definition) is 2. The first kappa shape index (κ1) is 15.2. The minimum absolute atomic E-state index is 0.300. The van der Waals surface area contributed by atoms with Crippen molar-refractivity contribution < 1.29 is 9.47 Å². The molecule has 0 saturated heterocycles. The maximum Gasteiger partial charge on any atom is 0.191 e. The second kappa shape index (κ2) is 7.51. The fourth-order valence-corrected chi connectivity index (χ4v) is 2.27. The van der Waals surface area contributed by atoms with Crippen molar-refractivity contribution in [1.82, 2.24) is 5.32 Å². The van der Waals surface area contributed by atoms with E-state index in [9.17, 15) is 0 Å². The largest absolute Gasteiger partial charge is 0.474 e. The summed E-state index contributed by atoms with van der Waals surface area (Å²) in [6.07, 6.45) is 3.30. The standard InChI is InChI=1S/C19H20N2O2/c20-17-11-18(22-13-15-7-3-1-4-8-15)21-19(12-17)23-14-16-9-5-2-6-10-16/h1-12,18,21H,13-14,20H2. The van der Waals surface area contributed by atoms with Crippen LogP contribution in [0.4, 0.5) is 0 Å². The molecule has 23 heavy (non-hydrogen) atoms. The first-order chi connectivity index (χ1) is 11.3. The van der Waals surface area contributed by atoms with Crippen LogP contribution in [0.3, 0.4) is 0 Å². The van der Waals surface area contributed by atoms with E-state index in [1.807, 2.05) is 66.7 Å². The third kappa shape index (κ3) is 4.63. The highest BCUT2D eigenvalue weighted by Gasteiger charge is 2.14. The second-order valence-electron chi connectivity index (χ2n) is 5.31. The third-order valence-electron chi connectivity index (χ3n) is 3.44. The molecular formula is C19H20N2O2. The average molecular weight is 308 g/mol. The minimum Gasteiger partial charge on any atom is -0.474 e. The molecule has 3 N–H and O–H groups in total. The highest BCUT2D eigenvalue weighted by molar-refractivity contribution is 5.24. The molecule has 0 radical (unpaired) electrons. The van der Waals surface area contributed by atoms with Crippen LogP contribution in [0.1, 0.15) is 11.1 Å². The SMILES string of the molecule is NC1=CC(OCc2ccccc2)NC(OCc2ccccc2)=C1. The first-order valence-corrected chi connectivity index (χ1v) is 7.57. The Bertz CT molecular complexity index is 681. The Morgan fingerprint density at radius 2 is 1.48 bits per heavy atom. The third-order valence-corrected chi connectivity index (χ3v) is 3.44. The molecule has 1 unspecified atom stereocenters. The van der Waals surface area contributed by atoms with Crippen LogP contribution in [0, 0.1) is 0 Å². The maximum atomic E-state index is 5.94. The number of nitrogens with two attached hydrogens (primary N) is 1. The van der Waals surface area contributed by atoms with E-state index in [-0.39, 0.29) is 6.23 Å². The Morgan fingerprint density at radius 3 is 2.13 bits per heavy atom. The van der Waals surface area contributed by atoms with Crippen LogP contribution in [-0.2, 0) is 22.7 Å². The van der Waals surface area contributed by atoms with Gasteiger partial charge in [-0.2, -0.15) is 0 Å². The van der Waals surface area contributed by atoms with Gasteiger partial charge in [0, 0.05) is 11.8 Å². The van der Waals surface area contributed by atoms with Crippen molar-refractivity contribution in [2.24, 2.45) is 5.73 Å². The zero-order valence-electron chi connectivity index (χ0n) is 12.8. The Kier molecular flexibility index (Phi) is 4.96. The number of hydrogen-bond acceptors (Lipinski definition) is 4. The zero-order chi connectivity index (χ0) is 15.9. The van der Waals surface area contributed by atoms with Gasteiger partial charge in [-0.25, -0.2) is 0 Å². The molecule has 0 amide bonds. The molecule has 2 aromatic rings. The summed E-state index contributed by atoms with van der Waals surface area (Å²) in [7, 11) is 0. The summed E-state index contributed by atoms with van der Waals surface area (Å²) < 4.78 is 11.6. The van der Waals surface area contributed by atoms with E-state index in [0.29, 0.717) is 24.8 Å². The predicted molar refractivity (Wildman–Crippen MR) is 89.7 cm³/mol. The summed E-state index contributed by atoms with van der Waals surface area (Å²) in [6, 6.07) is 20.0. The summed E-state index contributed by atoms with van der Waals surface area (Å²) in [5, 5.41) is 3.18. The van der Waals surface area contributed by atoms with Crippen LogP contribution in [0.25, 0.3) is 0 Å². The Hall–Kier alpha value is -2.72. The summed E-state index contributed by atoms with van der Waals surface area (Å²) in [5.74, 6) is 0.618. The van der Waals surface area contributed by atoms with Gasteiger partial charge >= 0.3 is 0 Å². The normalized spacial score (nSPS) is 17.0. The van der Waals surface area contributed by atoms with Gasteiger partial charge in [-0.3, -0.25) is 0 Å². The molecule has 1 atom stereocenters. The fourth-order valence-electron chi connectivity index (χ4n) is 2.27. The Balaban J connectivity index is 1.53. The second-order valence-corrected chi connectivity index (χ2v) is 5.31. The monoisotopic (exact) mass is 308 g/mol. The predicted octanol–water partition coefficient (Wildman–Crippen LogP) is 3.03. The van der Waals surface area contributed by atoms with E-state index in [4.69, 9.17) is 15.2 Å². The molecule has 0 bridgehead atoms. The topological polar surface area (TPSA) is 56.5 Å². The van der Waals surface area contributed by atoms with E-state index in [0.717, 1.165) is 11.1 Å². The summed E-state index contributed by atoms with van der Waals surface area (Å²) in [5.41, 5.74) is 8.78. The Morgan fingerprint density at radius 1 is 0.870 bits per heavy atom. The van der Waals surface area contributed by atoms with Crippen molar-refractivity contribution in [3.8, 4) is 0 Å². The van der Waals surface area contributed by atoms with Crippen molar-refractivity contribution in [3.63, 3.8) is 0 Å². The van der Waals surface area contributed by atoms with Crippen molar-refractivity contribution >= 4 is 0 Å². The van der Waals surface area contributed by atoms with Gasteiger partial charge in [-0.15, -0.1) is 0 Å². The Labute approximate surface area is 136 Å². The number of allylic oxidation sites excluding steroid dienone is 1. The molecule has 0 fully saturated rings. The summed E-state index contributed by atoms with van der Waals surface area (Å²) in [6.45, 7) is 0.993. The molecule has 1 aliphatic heterocycles. The number of rotatable bonds is 6. The molecule has 0 spiro atoms. The van der Waals surface area contributed by atoms with Crippen LogP contribution in [0.15, 0.2) is 84.4 Å². The molecule has 0 saturated carbocycles. The van der Waals surface area contributed by atoms with Gasteiger partial charge < -0.3 is 20.5 Å². The molecule has 1 heterocycles. The molecule has 3 rings (SSSR count). The molecule has 1 aliphatic rings. The molecule has 0 aromatic heterocycles. The highest BCUT2D eigenvalue weighted by atomic mass is 16.5. The van der Waals surface area contributed by atoms with Crippen LogP contribution < -0.4 is 11.1 Å². The lowest BCUT2D eigenvalue weighted by Gasteiger charge is -2.23. The summed E-state index contributed by atoms with van der Waals surface area (Å²) in [4.78, 5) is 0. The summed E-state index contributed by atoms with van der Waals surface area (Å²) >= 11 is 0. The first-order valence-electron chi connectivity index (χ1n) is 7.57. The van der Waals surface area contributed by atoms with Crippen LogP contribution in [0.5, 0.6) is 0 Å². The molecule has 4 nitrogen and oxygen atoms in total. The van der Waals surface area contributed by atoms with Gasteiger partial charge in [0.2, 0.25) is 0 Å². The fraction of sp³-hybridized carbons (Fsp3) is 0.158.